The van der Waals surface area contributed by atoms with Crippen molar-refractivity contribution in [3.63, 3.8) is 0 Å². The highest BCUT2D eigenvalue weighted by molar-refractivity contribution is 6.07. The lowest BCUT2D eigenvalue weighted by Crippen LogP contribution is -2.55. The molecule has 2 amide bonds. The van der Waals surface area contributed by atoms with Gasteiger partial charge in [-0.3, -0.25) is 9.59 Å². The third-order valence-corrected chi connectivity index (χ3v) is 3.28. The van der Waals surface area contributed by atoms with Crippen molar-refractivity contribution in [3.8, 4) is 0 Å². The second-order valence-electron chi connectivity index (χ2n) is 4.73. The van der Waals surface area contributed by atoms with Crippen molar-refractivity contribution in [2.75, 3.05) is 13.7 Å². The molecule has 106 valence electrons. The zero-order chi connectivity index (χ0) is 14.5. The Labute approximate surface area is 117 Å². The fourth-order valence-electron chi connectivity index (χ4n) is 2.16. The normalized spacial score (nSPS) is 21.2. The Balaban J connectivity index is 2.19. The summed E-state index contributed by atoms with van der Waals surface area (Å²) in [4.78, 5) is 25.6. The first-order chi connectivity index (χ1) is 9.63. The summed E-state index contributed by atoms with van der Waals surface area (Å²) in [6, 6.07) is 8.83. The molecule has 1 aliphatic heterocycles. The van der Waals surface area contributed by atoms with Crippen LogP contribution < -0.4 is 5.32 Å². The van der Waals surface area contributed by atoms with E-state index in [1.807, 2.05) is 30.3 Å². The number of aliphatic hydroxyl groups is 1. The van der Waals surface area contributed by atoms with Crippen LogP contribution in [-0.2, 0) is 9.59 Å². The van der Waals surface area contributed by atoms with E-state index in [9.17, 15) is 9.59 Å². The molecule has 2 rings (SSSR count). The molecule has 1 fully saturated rings. The second kappa shape index (κ2) is 6.34. The highest BCUT2D eigenvalue weighted by Gasteiger charge is 2.33. The quantitative estimate of drug-likeness (QED) is 0.796. The molecule has 5 heteroatoms. The van der Waals surface area contributed by atoms with E-state index in [1.54, 1.807) is 13.1 Å². The van der Waals surface area contributed by atoms with Crippen LogP contribution >= 0.6 is 0 Å². The van der Waals surface area contributed by atoms with Crippen molar-refractivity contribution in [2.45, 2.75) is 18.9 Å². The van der Waals surface area contributed by atoms with E-state index in [0.717, 1.165) is 5.56 Å². The molecule has 0 saturated carbocycles. The standard InChI is InChI=1S/C15H18N2O3/c1-17-13(10-11-6-3-2-4-7-11)14(19)16-12(15(17)20)8-5-9-18/h2-4,6-7,10,12,18H,5,8-9H2,1H3,(H,16,19)/t12-/m1/s1. The minimum absolute atomic E-state index is 0.01000. The molecule has 0 unspecified atom stereocenters. The lowest BCUT2D eigenvalue weighted by atomic mass is 10.1. The van der Waals surface area contributed by atoms with Gasteiger partial charge in [-0.1, -0.05) is 30.3 Å². The molecule has 0 radical (unpaired) electrons. The number of carbonyl (C=O) groups is 2. The maximum absolute atomic E-state index is 12.2. The summed E-state index contributed by atoms with van der Waals surface area (Å²) < 4.78 is 0. The molecule has 0 spiro atoms. The van der Waals surface area contributed by atoms with Gasteiger partial charge < -0.3 is 15.3 Å². The van der Waals surface area contributed by atoms with Crippen LogP contribution in [0.2, 0.25) is 0 Å². The molecule has 1 atom stereocenters. The maximum Gasteiger partial charge on any atom is 0.268 e. The monoisotopic (exact) mass is 274 g/mol. The largest absolute Gasteiger partial charge is 0.396 e. The summed E-state index contributed by atoms with van der Waals surface area (Å²) >= 11 is 0. The number of likely N-dealkylation sites (N-methyl/N-ethyl adjacent to an activating group) is 1. The number of aliphatic hydroxyl groups excluding tert-OH is 1. The fraction of sp³-hybridized carbons (Fsp3) is 0.333. The van der Waals surface area contributed by atoms with Gasteiger partial charge in [0.15, 0.2) is 0 Å². The topological polar surface area (TPSA) is 69.6 Å². The molecule has 1 saturated heterocycles. The van der Waals surface area contributed by atoms with Gasteiger partial charge in [0.1, 0.15) is 11.7 Å². The molecule has 1 aliphatic rings. The lowest BCUT2D eigenvalue weighted by molar-refractivity contribution is -0.139. The predicted octanol–water partition coefficient (Wildman–Crippen LogP) is 0.757. The number of hydrogen-bond acceptors (Lipinski definition) is 3. The number of hydrogen-bond donors (Lipinski definition) is 2. The van der Waals surface area contributed by atoms with Gasteiger partial charge in [-0.25, -0.2) is 0 Å². The Morgan fingerprint density at radius 1 is 1.30 bits per heavy atom. The van der Waals surface area contributed by atoms with E-state index in [2.05, 4.69) is 5.32 Å². The van der Waals surface area contributed by atoms with Crippen molar-refractivity contribution in [2.24, 2.45) is 0 Å². The maximum atomic E-state index is 12.2. The van der Waals surface area contributed by atoms with Crippen LogP contribution in [0.15, 0.2) is 36.0 Å². The smallest absolute Gasteiger partial charge is 0.268 e. The third kappa shape index (κ3) is 3.05. The number of nitrogens with one attached hydrogen (secondary N) is 1. The molecule has 0 bridgehead atoms. The summed E-state index contributed by atoms with van der Waals surface area (Å²) in [5.74, 6) is -0.417. The van der Waals surface area contributed by atoms with Gasteiger partial charge in [0.25, 0.3) is 5.91 Å². The van der Waals surface area contributed by atoms with Crippen LogP contribution in [0.4, 0.5) is 0 Å². The van der Waals surface area contributed by atoms with Gasteiger partial charge in [0.05, 0.1) is 0 Å². The molecule has 0 aliphatic carbocycles. The van der Waals surface area contributed by atoms with Crippen LogP contribution in [0.3, 0.4) is 0 Å². The van der Waals surface area contributed by atoms with Gasteiger partial charge in [-0.2, -0.15) is 0 Å². The minimum atomic E-state index is -0.549. The number of rotatable bonds is 4. The predicted molar refractivity (Wildman–Crippen MR) is 75.4 cm³/mol. The fourth-order valence-corrected chi connectivity index (χ4v) is 2.16. The molecule has 1 heterocycles. The Morgan fingerprint density at radius 2 is 2.00 bits per heavy atom. The number of piperazine rings is 1. The molecule has 5 nitrogen and oxygen atoms in total. The second-order valence-corrected chi connectivity index (χ2v) is 4.73. The van der Waals surface area contributed by atoms with Gasteiger partial charge in [0, 0.05) is 13.7 Å². The third-order valence-electron chi connectivity index (χ3n) is 3.28. The summed E-state index contributed by atoms with van der Waals surface area (Å²) in [6.07, 6.45) is 2.63. The lowest BCUT2D eigenvalue weighted by Gasteiger charge is -2.31. The SMILES string of the molecule is CN1C(=O)[C@@H](CCCO)NC(=O)C1=Cc1ccccc1. The number of carbonyl (C=O) groups excluding carboxylic acids is 2. The van der Waals surface area contributed by atoms with Gasteiger partial charge in [0.2, 0.25) is 5.91 Å². The van der Waals surface area contributed by atoms with E-state index in [0.29, 0.717) is 18.5 Å². The van der Waals surface area contributed by atoms with Gasteiger partial charge in [-0.05, 0) is 24.5 Å². The van der Waals surface area contributed by atoms with E-state index < -0.39 is 6.04 Å². The zero-order valence-electron chi connectivity index (χ0n) is 11.4. The Hall–Kier alpha value is -2.14. The Bertz CT molecular complexity index is 525. The van der Waals surface area contributed by atoms with Crippen molar-refractivity contribution >= 4 is 17.9 Å². The van der Waals surface area contributed by atoms with Crippen LogP contribution in [0.1, 0.15) is 18.4 Å². The highest BCUT2D eigenvalue weighted by atomic mass is 16.3. The molecule has 0 aromatic heterocycles. The summed E-state index contributed by atoms with van der Waals surface area (Å²) in [7, 11) is 1.60. The molecule has 1 aromatic carbocycles. The van der Waals surface area contributed by atoms with Crippen LogP contribution in [0, 0.1) is 0 Å². The van der Waals surface area contributed by atoms with Crippen molar-refractivity contribution in [1.82, 2.24) is 10.2 Å². The van der Waals surface area contributed by atoms with Gasteiger partial charge in [-0.15, -0.1) is 0 Å². The van der Waals surface area contributed by atoms with E-state index in [-0.39, 0.29) is 18.4 Å². The first kappa shape index (κ1) is 14.3. The van der Waals surface area contributed by atoms with Gasteiger partial charge >= 0.3 is 0 Å². The summed E-state index contributed by atoms with van der Waals surface area (Å²) in [5.41, 5.74) is 1.20. The number of benzene rings is 1. The van der Waals surface area contributed by atoms with Crippen molar-refractivity contribution in [3.05, 3.63) is 41.6 Å². The van der Waals surface area contributed by atoms with Crippen LogP contribution in [0.25, 0.3) is 6.08 Å². The molecule has 1 aromatic rings. The first-order valence-electron chi connectivity index (χ1n) is 6.59. The van der Waals surface area contributed by atoms with Crippen molar-refractivity contribution in [1.29, 1.82) is 0 Å². The molecular weight excluding hydrogens is 256 g/mol. The molecule has 20 heavy (non-hydrogen) atoms. The minimum Gasteiger partial charge on any atom is -0.396 e. The summed E-state index contributed by atoms with van der Waals surface area (Å²) in [6.45, 7) is 0.01000. The average Bonchev–Trinajstić information content (AvgIpc) is 2.47. The molecule has 2 N–H and O–H groups in total. The van der Waals surface area contributed by atoms with E-state index >= 15 is 0 Å². The molecular formula is C15H18N2O3. The summed E-state index contributed by atoms with van der Waals surface area (Å²) in [5, 5.41) is 11.5. The highest BCUT2D eigenvalue weighted by Crippen LogP contribution is 2.17. The van der Waals surface area contributed by atoms with Crippen molar-refractivity contribution < 1.29 is 14.7 Å². The Kier molecular flexibility index (Phi) is 4.53. The average molecular weight is 274 g/mol. The number of nitrogens with zero attached hydrogens (tertiary/aromatic N) is 1. The number of amides is 2. The van der Waals surface area contributed by atoms with E-state index in [4.69, 9.17) is 5.11 Å². The van der Waals surface area contributed by atoms with E-state index in [1.165, 1.54) is 4.90 Å². The first-order valence-corrected chi connectivity index (χ1v) is 6.59. The van der Waals surface area contributed by atoms with Crippen LogP contribution in [0.5, 0.6) is 0 Å². The van der Waals surface area contributed by atoms with Crippen LogP contribution in [-0.4, -0.2) is 41.5 Å². The zero-order valence-corrected chi connectivity index (χ0v) is 11.4. The Morgan fingerprint density at radius 3 is 2.65 bits per heavy atom.